The summed E-state index contributed by atoms with van der Waals surface area (Å²) in [5.41, 5.74) is 7.32. The Morgan fingerprint density at radius 2 is 1.57 bits per heavy atom. The molecule has 0 spiro atoms. The summed E-state index contributed by atoms with van der Waals surface area (Å²) < 4.78 is 21.5. The number of hydrogen-bond acceptors (Lipinski definition) is 6. The zero-order valence-corrected chi connectivity index (χ0v) is 12.5. The number of nitrogens with zero attached hydrogens (tertiary/aromatic N) is 1. The molecule has 0 aliphatic carbocycles. The number of nitrogen functional groups attached to an aromatic ring is 1. The Balaban J connectivity index is 2.40. The van der Waals surface area contributed by atoms with E-state index in [4.69, 9.17) is 24.7 Å². The molecule has 0 atom stereocenters. The van der Waals surface area contributed by atoms with E-state index in [1.165, 1.54) is 0 Å². The van der Waals surface area contributed by atoms with Crippen LogP contribution in [0.1, 0.15) is 5.56 Å². The fraction of sp³-hybridized carbons (Fsp3) is 0.267. The Morgan fingerprint density at radius 1 is 0.952 bits per heavy atom. The van der Waals surface area contributed by atoms with Gasteiger partial charge in [-0.25, -0.2) is 4.98 Å². The van der Waals surface area contributed by atoms with E-state index in [2.05, 4.69) is 4.98 Å². The lowest BCUT2D eigenvalue weighted by Gasteiger charge is -2.14. The maximum Gasteiger partial charge on any atom is 0.242 e. The first-order valence-electron chi connectivity index (χ1n) is 6.29. The van der Waals surface area contributed by atoms with Gasteiger partial charge in [0, 0.05) is 18.3 Å². The van der Waals surface area contributed by atoms with E-state index in [0.717, 1.165) is 5.56 Å². The van der Waals surface area contributed by atoms with Gasteiger partial charge in [-0.05, 0) is 18.6 Å². The van der Waals surface area contributed by atoms with Crippen molar-refractivity contribution in [3.8, 4) is 28.9 Å². The Labute approximate surface area is 123 Å². The van der Waals surface area contributed by atoms with Crippen LogP contribution >= 0.6 is 0 Å². The summed E-state index contributed by atoms with van der Waals surface area (Å²) in [7, 11) is 4.62. The maximum absolute atomic E-state index is 5.89. The predicted molar refractivity (Wildman–Crippen MR) is 79.6 cm³/mol. The third kappa shape index (κ3) is 3.10. The van der Waals surface area contributed by atoms with Crippen LogP contribution in [0.5, 0.6) is 28.9 Å². The van der Waals surface area contributed by atoms with E-state index in [1.807, 2.05) is 6.92 Å². The molecule has 2 aromatic rings. The van der Waals surface area contributed by atoms with Gasteiger partial charge >= 0.3 is 0 Å². The van der Waals surface area contributed by atoms with E-state index >= 15 is 0 Å². The van der Waals surface area contributed by atoms with Crippen molar-refractivity contribution < 1.29 is 18.9 Å². The Kier molecular flexibility index (Phi) is 4.37. The zero-order chi connectivity index (χ0) is 15.4. The van der Waals surface area contributed by atoms with Crippen molar-refractivity contribution in [2.75, 3.05) is 27.1 Å². The SMILES string of the molecule is COc1cc(Oc2ncc(C)cc2N)cc(OC)c1OC. The molecule has 1 aromatic heterocycles. The van der Waals surface area contributed by atoms with Crippen LogP contribution in [-0.2, 0) is 0 Å². The lowest BCUT2D eigenvalue weighted by atomic mass is 10.2. The second-order valence-corrected chi connectivity index (χ2v) is 4.37. The summed E-state index contributed by atoms with van der Waals surface area (Å²) in [6.07, 6.45) is 1.68. The molecule has 112 valence electrons. The largest absolute Gasteiger partial charge is 0.493 e. The highest BCUT2D eigenvalue weighted by atomic mass is 16.5. The van der Waals surface area contributed by atoms with Crippen molar-refractivity contribution in [3.05, 3.63) is 30.0 Å². The van der Waals surface area contributed by atoms with Crippen molar-refractivity contribution >= 4 is 5.69 Å². The highest BCUT2D eigenvalue weighted by Crippen LogP contribution is 2.42. The van der Waals surface area contributed by atoms with Crippen LogP contribution in [0.15, 0.2) is 24.4 Å². The number of aromatic nitrogens is 1. The molecule has 2 N–H and O–H groups in total. The first-order chi connectivity index (χ1) is 10.1. The first-order valence-corrected chi connectivity index (χ1v) is 6.29. The van der Waals surface area contributed by atoms with Crippen molar-refractivity contribution in [1.29, 1.82) is 0 Å². The minimum Gasteiger partial charge on any atom is -0.493 e. The van der Waals surface area contributed by atoms with Crippen molar-refractivity contribution in [1.82, 2.24) is 4.98 Å². The predicted octanol–water partition coefficient (Wildman–Crippen LogP) is 2.79. The minimum absolute atomic E-state index is 0.329. The number of hydrogen-bond donors (Lipinski definition) is 1. The molecular weight excluding hydrogens is 272 g/mol. The molecule has 6 heteroatoms. The first kappa shape index (κ1) is 14.8. The second kappa shape index (κ2) is 6.21. The summed E-state index contributed by atoms with van der Waals surface area (Å²) in [6, 6.07) is 5.16. The van der Waals surface area contributed by atoms with Crippen molar-refractivity contribution in [2.24, 2.45) is 0 Å². The molecule has 1 aromatic carbocycles. The smallest absolute Gasteiger partial charge is 0.242 e. The third-order valence-corrected chi connectivity index (χ3v) is 2.87. The molecule has 0 saturated carbocycles. The number of anilines is 1. The van der Waals surface area contributed by atoms with E-state index in [9.17, 15) is 0 Å². The van der Waals surface area contributed by atoms with Gasteiger partial charge in [-0.15, -0.1) is 0 Å². The zero-order valence-electron chi connectivity index (χ0n) is 12.5. The van der Waals surface area contributed by atoms with Crippen LogP contribution in [0.3, 0.4) is 0 Å². The minimum atomic E-state index is 0.329. The maximum atomic E-state index is 5.89. The standard InChI is InChI=1S/C15H18N2O4/c1-9-5-11(16)15(17-8-9)21-10-6-12(18-2)14(20-4)13(7-10)19-3/h5-8H,16H2,1-4H3. The normalized spacial score (nSPS) is 10.1. The average Bonchev–Trinajstić information content (AvgIpc) is 2.49. The van der Waals surface area contributed by atoms with Crippen LogP contribution in [0.2, 0.25) is 0 Å². The van der Waals surface area contributed by atoms with E-state index < -0.39 is 0 Å². The van der Waals surface area contributed by atoms with Crippen molar-refractivity contribution in [3.63, 3.8) is 0 Å². The topological polar surface area (TPSA) is 75.8 Å². The van der Waals surface area contributed by atoms with Crippen LogP contribution in [0.25, 0.3) is 0 Å². The fourth-order valence-electron chi connectivity index (χ4n) is 1.89. The van der Waals surface area contributed by atoms with E-state index in [1.54, 1.807) is 45.7 Å². The van der Waals surface area contributed by atoms with Crippen LogP contribution in [0, 0.1) is 6.92 Å². The van der Waals surface area contributed by atoms with Crippen LogP contribution < -0.4 is 24.7 Å². The number of pyridine rings is 1. The average molecular weight is 290 g/mol. The van der Waals surface area contributed by atoms with Gasteiger partial charge < -0.3 is 24.7 Å². The summed E-state index contributed by atoms with van der Waals surface area (Å²) in [5, 5.41) is 0. The van der Waals surface area contributed by atoms with Gasteiger partial charge in [0.15, 0.2) is 11.5 Å². The van der Waals surface area contributed by atoms with Crippen molar-refractivity contribution in [2.45, 2.75) is 6.92 Å². The fourth-order valence-corrected chi connectivity index (χ4v) is 1.89. The summed E-state index contributed by atoms with van der Waals surface area (Å²) in [4.78, 5) is 4.17. The molecule has 0 aliphatic rings. The molecule has 6 nitrogen and oxygen atoms in total. The van der Waals surface area contributed by atoms with E-state index in [0.29, 0.717) is 34.6 Å². The molecule has 2 rings (SSSR count). The molecular formula is C15H18N2O4. The molecule has 0 amide bonds. The Hall–Kier alpha value is -2.63. The van der Waals surface area contributed by atoms with Gasteiger partial charge in [0.25, 0.3) is 0 Å². The number of nitrogens with two attached hydrogens (primary N) is 1. The molecule has 0 aliphatic heterocycles. The highest BCUT2D eigenvalue weighted by Gasteiger charge is 2.15. The number of rotatable bonds is 5. The molecule has 1 heterocycles. The van der Waals surface area contributed by atoms with Gasteiger partial charge in [-0.2, -0.15) is 0 Å². The molecule has 0 saturated heterocycles. The number of ether oxygens (including phenoxy) is 4. The quantitative estimate of drug-likeness (QED) is 0.912. The lowest BCUT2D eigenvalue weighted by Crippen LogP contribution is -1.98. The molecule has 0 unspecified atom stereocenters. The Morgan fingerprint density at radius 3 is 2.05 bits per heavy atom. The monoisotopic (exact) mass is 290 g/mol. The Bertz CT molecular complexity index is 619. The third-order valence-electron chi connectivity index (χ3n) is 2.87. The van der Waals surface area contributed by atoms with Gasteiger partial charge in [-0.3, -0.25) is 0 Å². The molecule has 0 bridgehead atoms. The number of methoxy groups -OCH3 is 3. The highest BCUT2D eigenvalue weighted by molar-refractivity contribution is 5.58. The number of aryl methyl sites for hydroxylation is 1. The van der Waals surface area contributed by atoms with E-state index in [-0.39, 0.29) is 0 Å². The lowest BCUT2D eigenvalue weighted by molar-refractivity contribution is 0.320. The number of benzene rings is 1. The van der Waals surface area contributed by atoms with Gasteiger partial charge in [-0.1, -0.05) is 0 Å². The van der Waals surface area contributed by atoms with Crippen LogP contribution in [0.4, 0.5) is 5.69 Å². The second-order valence-electron chi connectivity index (χ2n) is 4.37. The van der Waals surface area contributed by atoms with Gasteiger partial charge in [0.05, 0.1) is 27.0 Å². The van der Waals surface area contributed by atoms with Gasteiger partial charge in [0.1, 0.15) is 5.75 Å². The molecule has 0 fully saturated rings. The van der Waals surface area contributed by atoms with Crippen LogP contribution in [-0.4, -0.2) is 26.3 Å². The summed E-state index contributed by atoms with van der Waals surface area (Å²) in [6.45, 7) is 1.91. The summed E-state index contributed by atoms with van der Waals surface area (Å²) >= 11 is 0. The molecule has 0 radical (unpaired) electrons. The molecule has 21 heavy (non-hydrogen) atoms. The van der Waals surface area contributed by atoms with Gasteiger partial charge in [0.2, 0.25) is 11.6 Å². The summed E-state index contributed by atoms with van der Waals surface area (Å²) in [5.74, 6) is 2.31.